The number of anilines is 1. The highest BCUT2D eigenvalue weighted by molar-refractivity contribution is 5.92. The minimum atomic E-state index is -0.468. The van der Waals surface area contributed by atoms with Gasteiger partial charge in [-0.05, 0) is 55.0 Å². The second-order valence-corrected chi connectivity index (χ2v) is 6.16. The van der Waals surface area contributed by atoms with Gasteiger partial charge in [-0.2, -0.15) is 0 Å². The number of nitrogens with zero attached hydrogens (tertiary/aromatic N) is 2. The van der Waals surface area contributed by atoms with Crippen molar-refractivity contribution in [2.75, 3.05) is 18.0 Å². The van der Waals surface area contributed by atoms with E-state index in [-0.39, 0.29) is 5.82 Å². The number of hydrogen-bond acceptors (Lipinski definition) is 3. The van der Waals surface area contributed by atoms with E-state index in [4.69, 9.17) is 5.73 Å². The van der Waals surface area contributed by atoms with Crippen LogP contribution in [-0.2, 0) is 6.42 Å². The molecule has 1 saturated heterocycles. The van der Waals surface area contributed by atoms with Gasteiger partial charge in [0.15, 0.2) is 0 Å². The molecule has 1 aromatic heterocycles. The van der Waals surface area contributed by atoms with E-state index in [0.29, 0.717) is 17.0 Å². The quantitative estimate of drug-likeness (QED) is 0.944. The fourth-order valence-corrected chi connectivity index (χ4v) is 3.02. The third kappa shape index (κ3) is 3.50. The SMILES string of the molecule is Cc1ccc(CC2CCN(c3ccc(C(N)=O)cn3)C2)cc1F. The summed E-state index contributed by atoms with van der Waals surface area (Å²) in [5.41, 5.74) is 7.36. The molecule has 1 atom stereocenters. The summed E-state index contributed by atoms with van der Waals surface area (Å²) in [4.78, 5) is 17.6. The van der Waals surface area contributed by atoms with Crippen LogP contribution in [0.2, 0.25) is 0 Å². The Bertz CT molecular complexity index is 715. The number of aryl methyl sites for hydroxylation is 1. The van der Waals surface area contributed by atoms with E-state index in [0.717, 1.165) is 37.3 Å². The van der Waals surface area contributed by atoms with Gasteiger partial charge in [-0.3, -0.25) is 4.79 Å². The fourth-order valence-electron chi connectivity index (χ4n) is 3.02. The third-order valence-corrected chi connectivity index (χ3v) is 4.40. The van der Waals surface area contributed by atoms with Crippen LogP contribution in [0.25, 0.3) is 0 Å². The van der Waals surface area contributed by atoms with Crippen LogP contribution in [-0.4, -0.2) is 24.0 Å². The first kappa shape index (κ1) is 15.5. The Balaban J connectivity index is 1.63. The standard InChI is InChI=1S/C18H20FN3O/c1-12-2-3-13(9-16(12)19)8-14-6-7-22(11-14)17-5-4-15(10-21-17)18(20)23/h2-5,9-10,14H,6-8,11H2,1H3,(H2,20,23). The van der Waals surface area contributed by atoms with Crippen LogP contribution in [0.4, 0.5) is 10.2 Å². The van der Waals surface area contributed by atoms with Gasteiger partial charge in [-0.25, -0.2) is 9.37 Å². The largest absolute Gasteiger partial charge is 0.366 e. The number of halogens is 1. The second kappa shape index (κ2) is 6.36. The zero-order chi connectivity index (χ0) is 16.4. The Morgan fingerprint density at radius 2 is 2.22 bits per heavy atom. The highest BCUT2D eigenvalue weighted by Crippen LogP contribution is 2.25. The first-order valence-corrected chi connectivity index (χ1v) is 7.79. The van der Waals surface area contributed by atoms with E-state index in [1.807, 2.05) is 18.2 Å². The molecule has 0 bridgehead atoms. The van der Waals surface area contributed by atoms with Crippen LogP contribution < -0.4 is 10.6 Å². The minimum absolute atomic E-state index is 0.138. The molecule has 0 aliphatic carbocycles. The van der Waals surface area contributed by atoms with Crippen molar-refractivity contribution in [1.82, 2.24) is 4.98 Å². The van der Waals surface area contributed by atoms with Gasteiger partial charge in [0.2, 0.25) is 5.91 Å². The molecular weight excluding hydrogens is 293 g/mol. The van der Waals surface area contributed by atoms with Gasteiger partial charge in [0.05, 0.1) is 5.56 Å². The number of aromatic nitrogens is 1. The van der Waals surface area contributed by atoms with E-state index in [9.17, 15) is 9.18 Å². The lowest BCUT2D eigenvalue weighted by Gasteiger charge is -2.17. The van der Waals surface area contributed by atoms with Crippen LogP contribution >= 0.6 is 0 Å². The van der Waals surface area contributed by atoms with Crippen molar-refractivity contribution < 1.29 is 9.18 Å². The van der Waals surface area contributed by atoms with Gasteiger partial charge >= 0.3 is 0 Å². The Kier molecular flexibility index (Phi) is 4.28. The maximum absolute atomic E-state index is 13.6. The predicted octanol–water partition coefficient (Wildman–Crippen LogP) is 2.70. The lowest BCUT2D eigenvalue weighted by atomic mass is 9.98. The molecule has 0 spiro atoms. The molecule has 1 amide bonds. The molecule has 2 N–H and O–H groups in total. The van der Waals surface area contributed by atoms with Gasteiger partial charge in [-0.15, -0.1) is 0 Å². The molecule has 120 valence electrons. The van der Waals surface area contributed by atoms with Crippen LogP contribution in [0.5, 0.6) is 0 Å². The molecule has 3 rings (SSSR count). The number of nitrogens with two attached hydrogens (primary N) is 1. The smallest absolute Gasteiger partial charge is 0.250 e. The summed E-state index contributed by atoms with van der Waals surface area (Å²) in [5.74, 6) is 0.730. The van der Waals surface area contributed by atoms with Crippen molar-refractivity contribution in [3.63, 3.8) is 0 Å². The lowest BCUT2D eigenvalue weighted by molar-refractivity contribution is 0.1000. The monoisotopic (exact) mass is 313 g/mol. The maximum atomic E-state index is 13.6. The zero-order valence-corrected chi connectivity index (χ0v) is 13.1. The average molecular weight is 313 g/mol. The van der Waals surface area contributed by atoms with Gasteiger partial charge in [0.1, 0.15) is 11.6 Å². The number of primary amides is 1. The Morgan fingerprint density at radius 1 is 1.39 bits per heavy atom. The average Bonchev–Trinajstić information content (AvgIpc) is 2.99. The molecule has 0 saturated carbocycles. The minimum Gasteiger partial charge on any atom is -0.366 e. The lowest BCUT2D eigenvalue weighted by Crippen LogP contribution is -2.21. The number of benzene rings is 1. The van der Waals surface area contributed by atoms with Gasteiger partial charge < -0.3 is 10.6 Å². The van der Waals surface area contributed by atoms with Gasteiger partial charge in [0.25, 0.3) is 0 Å². The van der Waals surface area contributed by atoms with Crippen LogP contribution in [0.1, 0.15) is 27.9 Å². The highest BCUT2D eigenvalue weighted by atomic mass is 19.1. The first-order valence-electron chi connectivity index (χ1n) is 7.79. The van der Waals surface area contributed by atoms with Crippen molar-refractivity contribution in [1.29, 1.82) is 0 Å². The third-order valence-electron chi connectivity index (χ3n) is 4.40. The van der Waals surface area contributed by atoms with Crippen molar-refractivity contribution in [2.24, 2.45) is 11.7 Å². The normalized spacial score (nSPS) is 17.5. The Hall–Kier alpha value is -2.43. The zero-order valence-electron chi connectivity index (χ0n) is 13.1. The molecule has 0 radical (unpaired) electrons. The summed E-state index contributed by atoms with van der Waals surface area (Å²) in [6.45, 7) is 3.58. The summed E-state index contributed by atoms with van der Waals surface area (Å²) in [6, 6.07) is 9.00. The van der Waals surface area contributed by atoms with E-state index < -0.39 is 5.91 Å². The fraction of sp³-hybridized carbons (Fsp3) is 0.333. The van der Waals surface area contributed by atoms with Gasteiger partial charge in [-0.1, -0.05) is 12.1 Å². The second-order valence-electron chi connectivity index (χ2n) is 6.16. The summed E-state index contributed by atoms with van der Waals surface area (Å²) >= 11 is 0. The van der Waals surface area contributed by atoms with Crippen LogP contribution in [0, 0.1) is 18.7 Å². The first-order chi connectivity index (χ1) is 11.0. The number of carbonyl (C=O) groups is 1. The van der Waals surface area contributed by atoms with Crippen molar-refractivity contribution in [3.05, 3.63) is 59.0 Å². The molecule has 2 aromatic rings. The Morgan fingerprint density at radius 3 is 2.87 bits per heavy atom. The molecule has 1 fully saturated rings. The van der Waals surface area contributed by atoms with Crippen molar-refractivity contribution in [3.8, 4) is 0 Å². The number of rotatable bonds is 4. The molecule has 5 heteroatoms. The maximum Gasteiger partial charge on any atom is 0.250 e. The molecule has 4 nitrogen and oxygen atoms in total. The molecule has 2 heterocycles. The van der Waals surface area contributed by atoms with Crippen molar-refractivity contribution >= 4 is 11.7 Å². The van der Waals surface area contributed by atoms with E-state index in [1.165, 1.54) is 6.20 Å². The molecular formula is C18H20FN3O. The number of hydrogen-bond donors (Lipinski definition) is 1. The summed E-state index contributed by atoms with van der Waals surface area (Å²) in [6.07, 6.45) is 3.43. The number of carbonyl (C=O) groups excluding carboxylic acids is 1. The van der Waals surface area contributed by atoms with E-state index in [2.05, 4.69) is 9.88 Å². The molecule has 23 heavy (non-hydrogen) atoms. The van der Waals surface area contributed by atoms with E-state index >= 15 is 0 Å². The highest BCUT2D eigenvalue weighted by Gasteiger charge is 2.24. The van der Waals surface area contributed by atoms with Crippen LogP contribution in [0.3, 0.4) is 0 Å². The molecule has 1 aliphatic heterocycles. The van der Waals surface area contributed by atoms with Gasteiger partial charge in [0, 0.05) is 19.3 Å². The summed E-state index contributed by atoms with van der Waals surface area (Å²) in [5, 5.41) is 0. The molecule has 1 aromatic carbocycles. The summed E-state index contributed by atoms with van der Waals surface area (Å²) < 4.78 is 13.6. The number of pyridine rings is 1. The summed E-state index contributed by atoms with van der Waals surface area (Å²) in [7, 11) is 0. The molecule has 1 unspecified atom stereocenters. The molecule has 1 aliphatic rings. The topological polar surface area (TPSA) is 59.2 Å². The predicted molar refractivity (Wildman–Crippen MR) is 87.9 cm³/mol. The van der Waals surface area contributed by atoms with E-state index in [1.54, 1.807) is 19.1 Å². The Labute approximate surface area is 135 Å². The van der Waals surface area contributed by atoms with Crippen molar-refractivity contribution in [2.45, 2.75) is 19.8 Å². The number of amides is 1. The van der Waals surface area contributed by atoms with Crippen LogP contribution in [0.15, 0.2) is 36.5 Å².